The molecule has 1 saturated heterocycles. The van der Waals surface area contributed by atoms with Gasteiger partial charge in [0.25, 0.3) is 5.91 Å². The number of carbonyl (C=O) groups is 2. The molecule has 2 amide bonds. The number of hydrogen-bond donors (Lipinski definition) is 0. The van der Waals surface area contributed by atoms with Crippen LogP contribution in [0.2, 0.25) is 5.02 Å². The van der Waals surface area contributed by atoms with Crippen LogP contribution >= 0.6 is 22.9 Å². The molecule has 1 aromatic heterocycles. The minimum atomic E-state index is -0.402. The van der Waals surface area contributed by atoms with E-state index in [1.165, 1.54) is 11.3 Å². The maximum atomic E-state index is 13.7. The van der Waals surface area contributed by atoms with Crippen LogP contribution in [0.5, 0.6) is 0 Å². The van der Waals surface area contributed by atoms with E-state index in [4.69, 9.17) is 11.6 Å². The van der Waals surface area contributed by atoms with Gasteiger partial charge in [-0.25, -0.2) is 4.98 Å². The van der Waals surface area contributed by atoms with Crippen molar-refractivity contribution in [2.75, 3.05) is 40.3 Å². The zero-order valence-corrected chi connectivity index (χ0v) is 20.6. The first-order valence-electron chi connectivity index (χ1n) is 11.3. The first-order valence-corrected chi connectivity index (χ1v) is 12.5. The van der Waals surface area contributed by atoms with E-state index < -0.39 is 5.41 Å². The minimum absolute atomic E-state index is 0.00530. The van der Waals surface area contributed by atoms with Gasteiger partial charge in [-0.2, -0.15) is 0 Å². The number of benzene rings is 1. The van der Waals surface area contributed by atoms with Gasteiger partial charge in [-0.15, -0.1) is 11.3 Å². The second-order valence-corrected chi connectivity index (χ2v) is 10.6. The first kappa shape index (κ1) is 23.2. The van der Waals surface area contributed by atoms with Crippen LogP contribution in [0, 0.1) is 6.92 Å². The second kappa shape index (κ2) is 9.49. The van der Waals surface area contributed by atoms with Gasteiger partial charge in [0.15, 0.2) is 0 Å². The van der Waals surface area contributed by atoms with Crippen LogP contribution in [0.4, 0.5) is 0 Å². The van der Waals surface area contributed by atoms with Gasteiger partial charge in [-0.05, 0) is 37.5 Å². The Labute approximate surface area is 199 Å². The number of amides is 2. The van der Waals surface area contributed by atoms with Crippen molar-refractivity contribution in [3.8, 4) is 0 Å². The van der Waals surface area contributed by atoms with E-state index in [0.29, 0.717) is 9.90 Å². The van der Waals surface area contributed by atoms with Gasteiger partial charge in [0.05, 0.1) is 17.7 Å². The molecule has 0 unspecified atom stereocenters. The summed E-state index contributed by atoms with van der Waals surface area (Å²) >= 11 is 7.57. The minimum Gasteiger partial charge on any atom is -0.344 e. The fourth-order valence-electron chi connectivity index (χ4n) is 4.90. The lowest BCUT2D eigenvalue weighted by molar-refractivity contribution is -0.139. The van der Waals surface area contributed by atoms with Crippen LogP contribution in [0.3, 0.4) is 0 Å². The fraction of sp³-hybridized carbons (Fsp3) is 0.542. The van der Waals surface area contributed by atoms with Crippen molar-refractivity contribution < 1.29 is 9.59 Å². The largest absolute Gasteiger partial charge is 0.344 e. The summed E-state index contributed by atoms with van der Waals surface area (Å²) in [5.41, 5.74) is 1.49. The third kappa shape index (κ3) is 4.56. The Morgan fingerprint density at radius 1 is 1.09 bits per heavy atom. The molecule has 0 bridgehead atoms. The Balaban J connectivity index is 1.40. The van der Waals surface area contributed by atoms with Crippen LogP contribution < -0.4 is 0 Å². The summed E-state index contributed by atoms with van der Waals surface area (Å²) in [6, 6.07) is 7.85. The van der Waals surface area contributed by atoms with E-state index in [1.54, 1.807) is 19.0 Å². The smallest absolute Gasteiger partial charge is 0.265 e. The zero-order valence-electron chi connectivity index (χ0n) is 19.1. The summed E-state index contributed by atoms with van der Waals surface area (Å²) < 4.78 is 0. The molecule has 6 nitrogen and oxygen atoms in total. The zero-order chi connectivity index (χ0) is 22.9. The lowest BCUT2D eigenvalue weighted by atomic mass is 9.77. The van der Waals surface area contributed by atoms with E-state index in [1.807, 2.05) is 36.1 Å². The van der Waals surface area contributed by atoms with Gasteiger partial charge in [-0.3, -0.25) is 14.5 Å². The molecule has 32 heavy (non-hydrogen) atoms. The van der Waals surface area contributed by atoms with Crippen molar-refractivity contribution in [1.29, 1.82) is 0 Å². The Morgan fingerprint density at radius 2 is 1.72 bits per heavy atom. The quantitative estimate of drug-likeness (QED) is 0.658. The Kier molecular flexibility index (Phi) is 6.89. The lowest BCUT2D eigenvalue weighted by Gasteiger charge is -2.40. The molecule has 1 saturated carbocycles. The molecule has 8 heteroatoms. The molecule has 0 N–H and O–H groups in total. The number of piperazine rings is 1. The topological polar surface area (TPSA) is 56.8 Å². The number of rotatable bonds is 5. The molecule has 2 heterocycles. The summed E-state index contributed by atoms with van der Waals surface area (Å²) in [6.07, 6.45) is 4.00. The van der Waals surface area contributed by atoms with Crippen LogP contribution in [-0.4, -0.2) is 71.8 Å². The van der Waals surface area contributed by atoms with E-state index >= 15 is 0 Å². The highest BCUT2D eigenvalue weighted by molar-refractivity contribution is 7.13. The van der Waals surface area contributed by atoms with Gasteiger partial charge in [0.2, 0.25) is 5.91 Å². The van der Waals surface area contributed by atoms with E-state index in [9.17, 15) is 9.59 Å². The van der Waals surface area contributed by atoms with Crippen molar-refractivity contribution in [3.63, 3.8) is 0 Å². The molecular formula is C24H31ClN4O2S. The van der Waals surface area contributed by atoms with Crippen molar-refractivity contribution >= 4 is 34.8 Å². The summed E-state index contributed by atoms with van der Waals surface area (Å²) in [7, 11) is 3.52. The molecule has 1 aliphatic heterocycles. The molecule has 1 aromatic carbocycles. The molecule has 172 valence electrons. The Bertz CT molecular complexity index is 974. The van der Waals surface area contributed by atoms with E-state index in [2.05, 4.69) is 9.88 Å². The molecule has 2 aliphatic rings. The predicted octanol–water partition coefficient (Wildman–Crippen LogP) is 3.96. The molecule has 0 radical (unpaired) electrons. The maximum Gasteiger partial charge on any atom is 0.265 e. The van der Waals surface area contributed by atoms with Crippen LogP contribution in [0.15, 0.2) is 24.3 Å². The van der Waals surface area contributed by atoms with Gasteiger partial charge < -0.3 is 9.80 Å². The van der Waals surface area contributed by atoms with Crippen LogP contribution in [0.1, 0.15) is 51.6 Å². The summed E-state index contributed by atoms with van der Waals surface area (Å²) in [4.78, 5) is 37.3. The van der Waals surface area contributed by atoms with Gasteiger partial charge in [0, 0.05) is 45.3 Å². The highest BCUT2D eigenvalue weighted by Crippen LogP contribution is 2.43. The summed E-state index contributed by atoms with van der Waals surface area (Å²) in [6.45, 7) is 5.70. The Hall–Kier alpha value is -1.96. The monoisotopic (exact) mass is 474 g/mol. The third-order valence-electron chi connectivity index (χ3n) is 6.72. The van der Waals surface area contributed by atoms with Crippen LogP contribution in [0.25, 0.3) is 0 Å². The molecule has 4 rings (SSSR count). The average Bonchev–Trinajstić information content (AvgIpc) is 3.41. The highest BCUT2D eigenvalue weighted by atomic mass is 35.5. The normalized spacial score (nSPS) is 18.7. The average molecular weight is 475 g/mol. The standard InChI is InChI=1S/C24H31ClN4O2S/c1-17-21(22(30)27(2)3)32-20(26-17)16-28-12-14-29(15-13-28)23(31)24(10-4-5-11-24)18-6-8-19(25)9-7-18/h6-9H,4-5,10-16H2,1-3H3. The number of nitrogens with zero attached hydrogens (tertiary/aromatic N) is 4. The van der Waals surface area contributed by atoms with Crippen molar-refractivity contribution in [2.45, 2.75) is 44.6 Å². The van der Waals surface area contributed by atoms with E-state index in [0.717, 1.165) is 74.7 Å². The van der Waals surface area contributed by atoms with Crippen molar-refractivity contribution in [2.24, 2.45) is 0 Å². The number of aryl methyl sites for hydroxylation is 1. The molecule has 2 fully saturated rings. The maximum absolute atomic E-state index is 13.7. The van der Waals surface area contributed by atoms with Gasteiger partial charge >= 0.3 is 0 Å². The van der Waals surface area contributed by atoms with E-state index in [-0.39, 0.29) is 11.8 Å². The van der Waals surface area contributed by atoms with Gasteiger partial charge in [0.1, 0.15) is 9.88 Å². The first-order chi connectivity index (χ1) is 15.3. The molecule has 1 aliphatic carbocycles. The molecular weight excluding hydrogens is 444 g/mol. The van der Waals surface area contributed by atoms with Crippen molar-refractivity contribution in [1.82, 2.24) is 19.7 Å². The number of thiazole rings is 1. The summed E-state index contributed by atoms with van der Waals surface area (Å²) in [5, 5.41) is 1.66. The number of halogens is 1. The number of aromatic nitrogens is 1. The highest BCUT2D eigenvalue weighted by Gasteiger charge is 2.45. The Morgan fingerprint density at radius 3 is 2.31 bits per heavy atom. The SMILES string of the molecule is Cc1nc(CN2CCN(C(=O)C3(c4ccc(Cl)cc4)CCCC3)CC2)sc1C(=O)N(C)C. The second-order valence-electron chi connectivity index (χ2n) is 9.09. The molecule has 2 aromatic rings. The van der Waals surface area contributed by atoms with Crippen molar-refractivity contribution in [3.05, 3.63) is 50.4 Å². The van der Waals surface area contributed by atoms with Crippen LogP contribution in [-0.2, 0) is 16.8 Å². The molecule has 0 spiro atoms. The summed E-state index contributed by atoms with van der Waals surface area (Å²) in [5.74, 6) is 0.270. The number of carbonyl (C=O) groups excluding carboxylic acids is 2. The number of hydrogen-bond acceptors (Lipinski definition) is 5. The predicted molar refractivity (Wildman–Crippen MR) is 128 cm³/mol. The fourth-order valence-corrected chi connectivity index (χ4v) is 6.15. The third-order valence-corrected chi connectivity index (χ3v) is 8.11. The van der Waals surface area contributed by atoms with Gasteiger partial charge in [-0.1, -0.05) is 36.6 Å². The lowest BCUT2D eigenvalue weighted by Crippen LogP contribution is -2.53. The molecule has 0 atom stereocenters.